The molecule has 4 heteroatoms. The van der Waals surface area contributed by atoms with Gasteiger partial charge in [-0.3, -0.25) is 0 Å². The van der Waals surface area contributed by atoms with Gasteiger partial charge in [-0.1, -0.05) is 42.3 Å². The fraction of sp³-hybridized carbons (Fsp3) is 0.231. The molecule has 0 fully saturated rings. The molecule has 0 aliphatic carbocycles. The third kappa shape index (κ3) is 2.50. The Morgan fingerprint density at radius 2 is 2.06 bits per heavy atom. The monoisotopic (exact) mass is 286 g/mol. The molecule has 2 rings (SSSR count). The molecule has 0 aliphatic heterocycles. The second kappa shape index (κ2) is 5.40. The van der Waals surface area contributed by atoms with E-state index in [1.807, 2.05) is 11.4 Å². The molecule has 0 saturated heterocycles. The van der Waals surface area contributed by atoms with E-state index in [0.717, 1.165) is 16.9 Å². The molecule has 17 heavy (non-hydrogen) atoms. The Morgan fingerprint density at radius 1 is 1.29 bits per heavy atom. The third-order valence-electron chi connectivity index (χ3n) is 2.69. The van der Waals surface area contributed by atoms with Gasteiger partial charge >= 0.3 is 0 Å². The molecule has 2 aromatic rings. The molecule has 0 amide bonds. The standard InChI is InChI=1S/C13H12Cl2OS/c1-2-8-6-7-17-13(8)12(16)9-4-3-5-10(14)11(9)15/h3-7,12,16H,2H2,1H3. The Hall–Kier alpha value is -0.540. The van der Waals surface area contributed by atoms with Crippen LogP contribution in [0.5, 0.6) is 0 Å². The van der Waals surface area contributed by atoms with Crippen molar-refractivity contribution in [1.82, 2.24) is 0 Å². The van der Waals surface area contributed by atoms with Crippen molar-refractivity contribution in [3.8, 4) is 0 Å². The summed E-state index contributed by atoms with van der Waals surface area (Å²) >= 11 is 13.6. The molecular formula is C13H12Cl2OS. The van der Waals surface area contributed by atoms with Crippen LogP contribution in [0.15, 0.2) is 29.6 Å². The van der Waals surface area contributed by atoms with Crippen LogP contribution in [0, 0.1) is 0 Å². The van der Waals surface area contributed by atoms with Gasteiger partial charge in [-0.2, -0.15) is 0 Å². The van der Waals surface area contributed by atoms with Crippen LogP contribution in [0.1, 0.15) is 29.0 Å². The highest BCUT2D eigenvalue weighted by molar-refractivity contribution is 7.10. The molecule has 1 unspecified atom stereocenters. The maximum atomic E-state index is 10.4. The summed E-state index contributed by atoms with van der Waals surface area (Å²) in [6.07, 6.45) is 0.199. The molecule has 1 aromatic heterocycles. The lowest BCUT2D eigenvalue weighted by Crippen LogP contribution is -2.01. The van der Waals surface area contributed by atoms with E-state index in [1.54, 1.807) is 18.2 Å². The number of rotatable bonds is 3. The van der Waals surface area contributed by atoms with Crippen molar-refractivity contribution >= 4 is 34.5 Å². The van der Waals surface area contributed by atoms with Crippen molar-refractivity contribution < 1.29 is 5.11 Å². The highest BCUT2D eigenvalue weighted by Crippen LogP contribution is 2.36. The molecule has 1 N–H and O–H groups in total. The summed E-state index contributed by atoms with van der Waals surface area (Å²) in [7, 11) is 0. The first-order valence-electron chi connectivity index (χ1n) is 5.33. The highest BCUT2D eigenvalue weighted by Gasteiger charge is 2.19. The predicted molar refractivity (Wildman–Crippen MR) is 74.2 cm³/mol. The van der Waals surface area contributed by atoms with E-state index in [1.165, 1.54) is 11.3 Å². The summed E-state index contributed by atoms with van der Waals surface area (Å²) in [5.41, 5.74) is 1.81. The van der Waals surface area contributed by atoms with Gasteiger partial charge in [0.25, 0.3) is 0 Å². The maximum Gasteiger partial charge on any atom is 0.115 e. The number of aliphatic hydroxyl groups is 1. The van der Waals surface area contributed by atoms with Gasteiger partial charge in [0.05, 0.1) is 10.0 Å². The summed E-state index contributed by atoms with van der Waals surface area (Å²) in [5.74, 6) is 0. The lowest BCUT2D eigenvalue weighted by Gasteiger charge is -2.13. The highest BCUT2D eigenvalue weighted by atomic mass is 35.5. The van der Waals surface area contributed by atoms with Crippen LogP contribution in [-0.4, -0.2) is 5.11 Å². The lowest BCUT2D eigenvalue weighted by molar-refractivity contribution is 0.223. The van der Waals surface area contributed by atoms with E-state index in [2.05, 4.69) is 6.92 Å². The number of hydrogen-bond acceptors (Lipinski definition) is 2. The van der Waals surface area contributed by atoms with Crippen LogP contribution in [0.4, 0.5) is 0 Å². The van der Waals surface area contributed by atoms with Gasteiger partial charge in [-0.15, -0.1) is 11.3 Å². The minimum atomic E-state index is -0.698. The lowest BCUT2D eigenvalue weighted by atomic mass is 10.0. The van der Waals surface area contributed by atoms with Crippen molar-refractivity contribution in [2.75, 3.05) is 0 Å². The fourth-order valence-corrected chi connectivity index (χ4v) is 3.16. The van der Waals surface area contributed by atoms with Crippen LogP contribution in [0.25, 0.3) is 0 Å². The fourth-order valence-electron chi connectivity index (χ4n) is 1.75. The first-order valence-corrected chi connectivity index (χ1v) is 6.97. The van der Waals surface area contributed by atoms with Crippen LogP contribution < -0.4 is 0 Å². The van der Waals surface area contributed by atoms with Crippen molar-refractivity contribution in [1.29, 1.82) is 0 Å². The number of hydrogen-bond donors (Lipinski definition) is 1. The van der Waals surface area contributed by atoms with E-state index in [-0.39, 0.29) is 0 Å². The maximum absolute atomic E-state index is 10.4. The van der Waals surface area contributed by atoms with Crippen molar-refractivity contribution in [3.63, 3.8) is 0 Å². The molecule has 1 atom stereocenters. The smallest absolute Gasteiger partial charge is 0.115 e. The summed E-state index contributed by atoms with van der Waals surface area (Å²) in [5, 5.41) is 13.2. The molecule has 0 saturated carbocycles. The molecule has 90 valence electrons. The number of halogens is 2. The Kier molecular flexibility index (Phi) is 4.10. The summed E-state index contributed by atoms with van der Waals surface area (Å²) in [6, 6.07) is 7.35. The van der Waals surface area contributed by atoms with Crippen molar-refractivity contribution in [2.45, 2.75) is 19.4 Å². The average Bonchev–Trinajstić information content (AvgIpc) is 2.80. The van der Waals surface area contributed by atoms with Crippen LogP contribution in [0.3, 0.4) is 0 Å². The van der Waals surface area contributed by atoms with Crippen LogP contribution >= 0.6 is 34.5 Å². The molecule has 1 heterocycles. The van der Waals surface area contributed by atoms with E-state index < -0.39 is 6.10 Å². The second-order valence-corrected chi connectivity index (χ2v) is 5.44. The zero-order chi connectivity index (χ0) is 12.4. The Labute approximate surface area is 115 Å². The van der Waals surface area contributed by atoms with E-state index in [0.29, 0.717) is 15.6 Å². The summed E-state index contributed by atoms with van der Waals surface area (Å²) in [6.45, 7) is 2.07. The first-order chi connectivity index (χ1) is 8.15. The van der Waals surface area contributed by atoms with E-state index in [9.17, 15) is 5.11 Å². The molecule has 0 radical (unpaired) electrons. The number of benzene rings is 1. The third-order valence-corrected chi connectivity index (χ3v) is 4.53. The molecule has 0 spiro atoms. The van der Waals surface area contributed by atoms with Gasteiger partial charge in [0.1, 0.15) is 6.10 Å². The van der Waals surface area contributed by atoms with Gasteiger partial charge in [0.2, 0.25) is 0 Å². The van der Waals surface area contributed by atoms with Gasteiger partial charge in [0, 0.05) is 10.4 Å². The van der Waals surface area contributed by atoms with Gasteiger partial charge < -0.3 is 5.11 Å². The number of aliphatic hydroxyl groups excluding tert-OH is 1. The summed E-state index contributed by atoms with van der Waals surface area (Å²) < 4.78 is 0. The predicted octanol–water partition coefficient (Wildman–Crippen LogP) is 4.70. The quantitative estimate of drug-likeness (QED) is 0.867. The van der Waals surface area contributed by atoms with Gasteiger partial charge in [0.15, 0.2) is 0 Å². The van der Waals surface area contributed by atoms with Gasteiger partial charge in [-0.25, -0.2) is 0 Å². The zero-order valence-corrected chi connectivity index (χ0v) is 11.6. The van der Waals surface area contributed by atoms with E-state index in [4.69, 9.17) is 23.2 Å². The SMILES string of the molecule is CCc1ccsc1C(O)c1cccc(Cl)c1Cl. The van der Waals surface area contributed by atoms with Crippen molar-refractivity contribution in [2.24, 2.45) is 0 Å². The molecule has 1 nitrogen and oxygen atoms in total. The van der Waals surface area contributed by atoms with Crippen LogP contribution in [-0.2, 0) is 6.42 Å². The van der Waals surface area contributed by atoms with E-state index >= 15 is 0 Å². The second-order valence-electron chi connectivity index (χ2n) is 3.71. The number of thiophene rings is 1. The normalized spacial score (nSPS) is 12.7. The Balaban J connectivity index is 2.44. The van der Waals surface area contributed by atoms with Crippen molar-refractivity contribution in [3.05, 3.63) is 55.7 Å². The van der Waals surface area contributed by atoms with Crippen LogP contribution in [0.2, 0.25) is 10.0 Å². The average molecular weight is 287 g/mol. The topological polar surface area (TPSA) is 20.2 Å². The first kappa shape index (κ1) is 12.9. The van der Waals surface area contributed by atoms with Gasteiger partial charge in [-0.05, 0) is 29.5 Å². The molecule has 0 bridgehead atoms. The molecule has 1 aromatic carbocycles. The largest absolute Gasteiger partial charge is 0.383 e. The molecule has 0 aliphatic rings. The number of aryl methyl sites for hydroxylation is 1. The minimum Gasteiger partial charge on any atom is -0.383 e. The Bertz CT molecular complexity index is 522. The molecular weight excluding hydrogens is 275 g/mol. The Morgan fingerprint density at radius 3 is 2.76 bits per heavy atom. The minimum absolute atomic E-state index is 0.428. The summed E-state index contributed by atoms with van der Waals surface area (Å²) in [4.78, 5) is 0.941. The zero-order valence-electron chi connectivity index (χ0n) is 9.28.